The summed E-state index contributed by atoms with van der Waals surface area (Å²) in [7, 11) is -3.79. The highest BCUT2D eigenvalue weighted by Crippen LogP contribution is 2.23. The van der Waals surface area contributed by atoms with Gasteiger partial charge in [0.15, 0.2) is 5.82 Å². The van der Waals surface area contributed by atoms with Crippen LogP contribution in [0.5, 0.6) is 0 Å². The van der Waals surface area contributed by atoms with Crippen LogP contribution in [0, 0.1) is 6.92 Å². The molecule has 0 unspecified atom stereocenters. The summed E-state index contributed by atoms with van der Waals surface area (Å²) < 4.78 is 27.1. The Hall–Kier alpha value is -1.70. The lowest BCUT2D eigenvalue weighted by Crippen LogP contribution is -2.16. The van der Waals surface area contributed by atoms with Crippen LogP contribution in [0.25, 0.3) is 0 Å². The Balaban J connectivity index is 2.41. The Morgan fingerprint density at radius 1 is 1.38 bits per heavy atom. The average Bonchev–Trinajstić information content (AvgIpc) is 2.40. The lowest BCUT2D eigenvalue weighted by molar-refractivity contribution is 0.600. The van der Waals surface area contributed by atoms with Gasteiger partial charge in [-0.25, -0.2) is 13.4 Å². The van der Waals surface area contributed by atoms with Crippen LogP contribution >= 0.6 is 23.8 Å². The number of aromatic nitrogens is 1. The minimum absolute atomic E-state index is 0.0805. The first-order valence-corrected chi connectivity index (χ1v) is 8.12. The number of hydrogen-bond acceptors (Lipinski definition) is 4. The number of nitrogens with zero attached hydrogens (tertiary/aromatic N) is 1. The standard InChI is InChI=1S/C13H12ClN3O2S2/c1-8-7-9(12(15)20)4-5-11(8)21(18,19)17-13-10(14)3-2-6-16-13/h2-7H,1H3,(H2,15,20)(H,16,17). The van der Waals surface area contributed by atoms with Crippen molar-refractivity contribution in [1.82, 2.24) is 4.98 Å². The van der Waals surface area contributed by atoms with Crippen LogP contribution in [-0.2, 0) is 10.0 Å². The number of thiocarbonyl (C=S) groups is 1. The summed E-state index contributed by atoms with van der Waals surface area (Å²) in [6.07, 6.45) is 1.45. The van der Waals surface area contributed by atoms with E-state index in [1.54, 1.807) is 31.2 Å². The minimum Gasteiger partial charge on any atom is -0.389 e. The number of nitrogens with one attached hydrogen (secondary N) is 1. The fourth-order valence-electron chi connectivity index (χ4n) is 1.75. The molecule has 0 spiro atoms. The SMILES string of the molecule is Cc1cc(C(N)=S)ccc1S(=O)(=O)Nc1ncccc1Cl. The molecule has 110 valence electrons. The van der Waals surface area contributed by atoms with Gasteiger partial charge >= 0.3 is 0 Å². The molecule has 0 fully saturated rings. The summed E-state index contributed by atoms with van der Waals surface area (Å²) in [5.74, 6) is 0.0805. The van der Waals surface area contributed by atoms with Crippen LogP contribution in [-0.4, -0.2) is 18.4 Å². The zero-order valence-electron chi connectivity index (χ0n) is 11.0. The first kappa shape index (κ1) is 15.7. The maximum absolute atomic E-state index is 12.4. The van der Waals surface area contributed by atoms with Crippen LogP contribution in [0.2, 0.25) is 5.02 Å². The molecule has 8 heteroatoms. The van der Waals surface area contributed by atoms with E-state index in [1.807, 2.05) is 0 Å². The predicted octanol–water partition coefficient (Wildman–Crippen LogP) is 2.48. The van der Waals surface area contributed by atoms with E-state index >= 15 is 0 Å². The molecule has 2 rings (SSSR count). The Morgan fingerprint density at radius 3 is 2.67 bits per heavy atom. The fraction of sp³-hybridized carbons (Fsp3) is 0.0769. The van der Waals surface area contributed by atoms with E-state index in [1.165, 1.54) is 12.3 Å². The maximum atomic E-state index is 12.4. The van der Waals surface area contributed by atoms with E-state index in [0.29, 0.717) is 11.1 Å². The van der Waals surface area contributed by atoms with Crippen LogP contribution in [0.4, 0.5) is 5.82 Å². The van der Waals surface area contributed by atoms with Gasteiger partial charge in [0.1, 0.15) is 4.99 Å². The van der Waals surface area contributed by atoms with Crippen molar-refractivity contribution < 1.29 is 8.42 Å². The van der Waals surface area contributed by atoms with Gasteiger partial charge in [-0.15, -0.1) is 0 Å². The molecule has 0 aliphatic carbocycles. The number of nitrogens with two attached hydrogens (primary N) is 1. The monoisotopic (exact) mass is 341 g/mol. The Bertz CT molecular complexity index is 807. The van der Waals surface area contributed by atoms with Gasteiger partial charge in [-0.05, 0) is 36.8 Å². The number of sulfonamides is 1. The second-order valence-electron chi connectivity index (χ2n) is 4.28. The molecule has 1 aromatic carbocycles. The third-order valence-corrected chi connectivity index (χ3v) is 4.78. The molecule has 3 N–H and O–H groups in total. The second-order valence-corrected chi connectivity index (χ2v) is 6.78. The first-order chi connectivity index (χ1) is 9.81. The van der Waals surface area contributed by atoms with Crippen molar-refractivity contribution in [2.45, 2.75) is 11.8 Å². The number of rotatable bonds is 4. The van der Waals surface area contributed by atoms with Crippen molar-refractivity contribution in [2.75, 3.05) is 4.72 Å². The summed E-state index contributed by atoms with van der Waals surface area (Å²) in [5.41, 5.74) is 6.66. The highest BCUT2D eigenvalue weighted by molar-refractivity contribution is 7.92. The Morgan fingerprint density at radius 2 is 2.10 bits per heavy atom. The molecule has 1 heterocycles. The molecular formula is C13H12ClN3O2S2. The smallest absolute Gasteiger partial charge is 0.263 e. The largest absolute Gasteiger partial charge is 0.389 e. The highest BCUT2D eigenvalue weighted by Gasteiger charge is 2.19. The van der Waals surface area contributed by atoms with Crippen molar-refractivity contribution in [2.24, 2.45) is 5.73 Å². The lowest BCUT2D eigenvalue weighted by atomic mass is 10.1. The topological polar surface area (TPSA) is 85.1 Å². The van der Waals surface area contributed by atoms with E-state index in [2.05, 4.69) is 9.71 Å². The molecule has 0 aliphatic heterocycles. The average molecular weight is 342 g/mol. The zero-order chi connectivity index (χ0) is 15.6. The summed E-state index contributed by atoms with van der Waals surface area (Å²) in [5, 5.41) is 0.221. The molecule has 21 heavy (non-hydrogen) atoms. The number of anilines is 1. The Labute approximate surface area is 133 Å². The zero-order valence-corrected chi connectivity index (χ0v) is 13.4. The van der Waals surface area contributed by atoms with Gasteiger partial charge in [-0.1, -0.05) is 29.9 Å². The summed E-state index contributed by atoms with van der Waals surface area (Å²) in [4.78, 5) is 4.23. The number of halogens is 1. The van der Waals surface area contributed by atoms with Crippen LogP contribution in [0.1, 0.15) is 11.1 Å². The fourth-order valence-corrected chi connectivity index (χ4v) is 3.36. The van der Waals surface area contributed by atoms with Gasteiger partial charge in [-0.2, -0.15) is 0 Å². The van der Waals surface area contributed by atoms with Crippen molar-refractivity contribution in [3.8, 4) is 0 Å². The minimum atomic E-state index is -3.79. The van der Waals surface area contributed by atoms with Crippen molar-refractivity contribution in [3.05, 3.63) is 52.7 Å². The number of aryl methyl sites for hydroxylation is 1. The van der Waals surface area contributed by atoms with Gasteiger partial charge in [-0.3, -0.25) is 4.72 Å². The molecule has 2 aromatic rings. The molecule has 1 aromatic heterocycles. The van der Waals surface area contributed by atoms with Gasteiger partial charge < -0.3 is 5.73 Å². The molecule has 0 aliphatic rings. The first-order valence-electron chi connectivity index (χ1n) is 5.85. The maximum Gasteiger partial charge on any atom is 0.263 e. The van der Waals surface area contributed by atoms with Crippen LogP contribution < -0.4 is 10.5 Å². The normalized spacial score (nSPS) is 11.1. The van der Waals surface area contributed by atoms with Gasteiger partial charge in [0.2, 0.25) is 0 Å². The van der Waals surface area contributed by atoms with Gasteiger partial charge in [0.05, 0.1) is 9.92 Å². The Kier molecular flexibility index (Phi) is 4.46. The number of benzene rings is 1. The summed E-state index contributed by atoms with van der Waals surface area (Å²) in [6.45, 7) is 1.66. The highest BCUT2D eigenvalue weighted by atomic mass is 35.5. The quantitative estimate of drug-likeness (QED) is 0.834. The number of pyridine rings is 1. The lowest BCUT2D eigenvalue weighted by Gasteiger charge is -2.11. The second kappa shape index (κ2) is 5.97. The van der Waals surface area contributed by atoms with Crippen molar-refractivity contribution in [3.63, 3.8) is 0 Å². The van der Waals surface area contributed by atoms with Crippen molar-refractivity contribution >= 4 is 44.6 Å². The molecule has 0 atom stereocenters. The van der Waals surface area contributed by atoms with Crippen molar-refractivity contribution in [1.29, 1.82) is 0 Å². The van der Waals surface area contributed by atoms with Crippen LogP contribution in [0.3, 0.4) is 0 Å². The molecular weight excluding hydrogens is 330 g/mol. The predicted molar refractivity (Wildman–Crippen MR) is 87.1 cm³/mol. The van der Waals surface area contributed by atoms with E-state index in [4.69, 9.17) is 29.6 Å². The van der Waals surface area contributed by atoms with E-state index < -0.39 is 10.0 Å². The molecule has 0 saturated heterocycles. The third-order valence-electron chi connectivity index (χ3n) is 2.74. The van der Waals surface area contributed by atoms with E-state index in [9.17, 15) is 8.42 Å². The summed E-state index contributed by atoms with van der Waals surface area (Å²) >= 11 is 10.8. The molecule has 0 amide bonds. The van der Waals surface area contributed by atoms with Gasteiger partial charge in [0.25, 0.3) is 10.0 Å². The third kappa shape index (κ3) is 3.49. The van der Waals surface area contributed by atoms with E-state index in [0.717, 1.165) is 0 Å². The van der Waals surface area contributed by atoms with E-state index in [-0.39, 0.29) is 20.7 Å². The molecule has 0 radical (unpaired) electrons. The molecule has 0 bridgehead atoms. The van der Waals surface area contributed by atoms with Crippen LogP contribution in [0.15, 0.2) is 41.4 Å². The summed E-state index contributed by atoms with van der Waals surface area (Å²) in [6, 6.07) is 7.79. The number of hydrogen-bond donors (Lipinski definition) is 2. The molecule has 5 nitrogen and oxygen atoms in total. The molecule has 0 saturated carbocycles. The van der Waals surface area contributed by atoms with Gasteiger partial charge in [0, 0.05) is 11.8 Å².